The van der Waals surface area contributed by atoms with Gasteiger partial charge in [0, 0.05) is 41.7 Å². The summed E-state index contributed by atoms with van der Waals surface area (Å²) < 4.78 is 5.39. The van der Waals surface area contributed by atoms with Gasteiger partial charge in [-0.25, -0.2) is 0 Å². The molecule has 1 N–H and O–H groups in total. The van der Waals surface area contributed by atoms with E-state index in [-0.39, 0.29) is 5.91 Å². The van der Waals surface area contributed by atoms with Gasteiger partial charge < -0.3 is 19.9 Å². The lowest BCUT2D eigenvalue weighted by Crippen LogP contribution is -2.37. The average molecular weight is 386 g/mol. The minimum Gasteiger partial charge on any atom is -0.378 e. The molecule has 4 rings (SSSR count). The van der Waals surface area contributed by atoms with E-state index < -0.39 is 0 Å². The van der Waals surface area contributed by atoms with Crippen molar-refractivity contribution in [2.24, 2.45) is 0 Å². The van der Waals surface area contributed by atoms with Gasteiger partial charge in [0.1, 0.15) is 0 Å². The van der Waals surface area contributed by atoms with Crippen molar-refractivity contribution in [2.75, 3.05) is 54.5 Å². The first-order valence-electron chi connectivity index (χ1n) is 9.45. The van der Waals surface area contributed by atoms with Gasteiger partial charge in [-0.1, -0.05) is 11.6 Å². The molecule has 0 aliphatic carbocycles. The van der Waals surface area contributed by atoms with Gasteiger partial charge >= 0.3 is 0 Å². The fourth-order valence-electron chi connectivity index (χ4n) is 3.76. The molecule has 0 spiro atoms. The van der Waals surface area contributed by atoms with E-state index in [1.165, 1.54) is 5.56 Å². The van der Waals surface area contributed by atoms with E-state index in [1.807, 2.05) is 30.3 Å². The smallest absolute Gasteiger partial charge is 0.243 e. The first-order chi connectivity index (χ1) is 13.2. The lowest BCUT2D eigenvalue weighted by atomic mass is 10.0. The van der Waals surface area contributed by atoms with Crippen molar-refractivity contribution in [3.05, 3.63) is 53.1 Å². The maximum absolute atomic E-state index is 12.5. The highest BCUT2D eigenvalue weighted by molar-refractivity contribution is 6.30. The van der Waals surface area contributed by atoms with E-state index in [4.69, 9.17) is 16.3 Å². The highest BCUT2D eigenvalue weighted by Gasteiger charge is 2.19. The Kier molecular flexibility index (Phi) is 5.50. The number of nitrogens with zero attached hydrogens (tertiary/aromatic N) is 2. The highest BCUT2D eigenvalue weighted by atomic mass is 35.5. The number of morpholine rings is 1. The number of aryl methyl sites for hydroxylation is 1. The van der Waals surface area contributed by atoms with Gasteiger partial charge in [-0.15, -0.1) is 0 Å². The van der Waals surface area contributed by atoms with Crippen LogP contribution in [0, 0.1) is 0 Å². The number of benzene rings is 2. The molecule has 0 radical (unpaired) electrons. The molecule has 142 valence electrons. The van der Waals surface area contributed by atoms with E-state index >= 15 is 0 Å². The molecule has 2 aliphatic rings. The molecule has 27 heavy (non-hydrogen) atoms. The second kappa shape index (κ2) is 8.19. The number of amides is 1. The van der Waals surface area contributed by atoms with Gasteiger partial charge in [0.25, 0.3) is 0 Å². The van der Waals surface area contributed by atoms with Crippen molar-refractivity contribution in [1.29, 1.82) is 0 Å². The maximum atomic E-state index is 12.5. The van der Waals surface area contributed by atoms with Gasteiger partial charge in [-0.3, -0.25) is 4.79 Å². The van der Waals surface area contributed by atoms with Crippen LogP contribution < -0.4 is 15.1 Å². The Morgan fingerprint density at radius 2 is 1.85 bits per heavy atom. The lowest BCUT2D eigenvalue weighted by molar-refractivity contribution is -0.115. The van der Waals surface area contributed by atoms with Crippen LogP contribution in [0.1, 0.15) is 12.0 Å². The predicted molar refractivity (Wildman–Crippen MR) is 110 cm³/mol. The number of rotatable bonds is 4. The number of fused-ring (bicyclic) bond motifs is 1. The SMILES string of the molecule is O=C(CN1CCCc2cc(Cl)ccc21)Nc1ccc(N2CCOCC2)cc1. The van der Waals surface area contributed by atoms with Crippen molar-refractivity contribution in [3.63, 3.8) is 0 Å². The third-order valence-corrected chi connectivity index (χ3v) is 5.35. The third kappa shape index (κ3) is 4.37. The minimum absolute atomic E-state index is 0.00285. The summed E-state index contributed by atoms with van der Waals surface area (Å²) in [6, 6.07) is 13.9. The Morgan fingerprint density at radius 3 is 2.63 bits per heavy atom. The van der Waals surface area contributed by atoms with Crippen molar-refractivity contribution in [2.45, 2.75) is 12.8 Å². The van der Waals surface area contributed by atoms with Crippen LogP contribution in [-0.2, 0) is 16.0 Å². The molecule has 6 heteroatoms. The van der Waals surface area contributed by atoms with Crippen molar-refractivity contribution < 1.29 is 9.53 Å². The maximum Gasteiger partial charge on any atom is 0.243 e. The molecule has 5 nitrogen and oxygen atoms in total. The average Bonchev–Trinajstić information content (AvgIpc) is 2.69. The van der Waals surface area contributed by atoms with Crippen LogP contribution >= 0.6 is 11.6 Å². The number of hydrogen-bond donors (Lipinski definition) is 1. The first kappa shape index (κ1) is 18.1. The second-order valence-electron chi connectivity index (χ2n) is 6.99. The summed E-state index contributed by atoms with van der Waals surface area (Å²) in [5, 5.41) is 3.76. The molecule has 1 fully saturated rings. The summed E-state index contributed by atoms with van der Waals surface area (Å²) in [5.41, 5.74) is 4.32. The zero-order chi connectivity index (χ0) is 18.6. The fourth-order valence-corrected chi connectivity index (χ4v) is 3.95. The number of carbonyl (C=O) groups is 1. The summed E-state index contributed by atoms with van der Waals surface area (Å²) in [5.74, 6) is -0.00285. The zero-order valence-corrected chi connectivity index (χ0v) is 16.0. The van der Waals surface area contributed by atoms with Gasteiger partial charge in [0.15, 0.2) is 0 Å². The van der Waals surface area contributed by atoms with Crippen LogP contribution in [0.3, 0.4) is 0 Å². The molecule has 0 bridgehead atoms. The van der Waals surface area contributed by atoms with E-state index in [0.717, 1.165) is 67.8 Å². The lowest BCUT2D eigenvalue weighted by Gasteiger charge is -2.31. The van der Waals surface area contributed by atoms with Crippen LogP contribution in [0.25, 0.3) is 0 Å². The quantitative estimate of drug-likeness (QED) is 0.873. The van der Waals surface area contributed by atoms with Gasteiger partial charge in [-0.05, 0) is 60.9 Å². The van der Waals surface area contributed by atoms with Crippen molar-refractivity contribution >= 4 is 34.6 Å². The predicted octanol–water partition coefficient (Wildman–Crippen LogP) is 3.57. The monoisotopic (exact) mass is 385 g/mol. The number of anilines is 3. The minimum atomic E-state index is -0.00285. The molecular weight excluding hydrogens is 362 g/mol. The second-order valence-corrected chi connectivity index (χ2v) is 7.43. The van der Waals surface area contributed by atoms with Gasteiger partial charge in [0.05, 0.1) is 19.8 Å². The van der Waals surface area contributed by atoms with Crippen molar-refractivity contribution in [3.8, 4) is 0 Å². The van der Waals surface area contributed by atoms with Crippen LogP contribution in [0.15, 0.2) is 42.5 Å². The first-order valence-corrected chi connectivity index (χ1v) is 9.83. The summed E-state index contributed by atoms with van der Waals surface area (Å²) >= 11 is 6.10. The van der Waals surface area contributed by atoms with Gasteiger partial charge in [0.2, 0.25) is 5.91 Å². The van der Waals surface area contributed by atoms with E-state index in [0.29, 0.717) is 6.54 Å². The standard InChI is InChI=1S/C21H24ClN3O2/c22-17-3-8-20-16(14-17)2-1-9-25(20)15-21(26)23-18-4-6-19(7-5-18)24-10-12-27-13-11-24/h3-8,14H,1-2,9-13,15H2,(H,23,26). The Morgan fingerprint density at radius 1 is 1.07 bits per heavy atom. The van der Waals surface area contributed by atoms with Crippen LogP contribution in [0.4, 0.5) is 17.1 Å². The van der Waals surface area contributed by atoms with Crippen molar-refractivity contribution in [1.82, 2.24) is 0 Å². The van der Waals surface area contributed by atoms with Crippen LogP contribution in [0.5, 0.6) is 0 Å². The summed E-state index contributed by atoms with van der Waals surface area (Å²) in [6.45, 7) is 4.58. The molecule has 0 unspecified atom stereocenters. The van der Waals surface area contributed by atoms with Gasteiger partial charge in [-0.2, -0.15) is 0 Å². The molecule has 2 aliphatic heterocycles. The molecule has 0 saturated carbocycles. The molecule has 2 heterocycles. The number of halogens is 1. The van der Waals surface area contributed by atoms with E-state index in [2.05, 4.69) is 27.2 Å². The molecule has 0 aromatic heterocycles. The number of hydrogen-bond acceptors (Lipinski definition) is 4. The molecule has 2 aromatic rings. The molecular formula is C21H24ClN3O2. The summed E-state index contributed by atoms with van der Waals surface area (Å²) in [4.78, 5) is 17.0. The summed E-state index contributed by atoms with van der Waals surface area (Å²) in [7, 11) is 0. The molecule has 2 aromatic carbocycles. The number of carbonyl (C=O) groups excluding carboxylic acids is 1. The summed E-state index contributed by atoms with van der Waals surface area (Å²) in [6.07, 6.45) is 2.05. The van der Waals surface area contributed by atoms with E-state index in [9.17, 15) is 4.79 Å². The number of nitrogens with one attached hydrogen (secondary N) is 1. The normalized spacial score (nSPS) is 16.8. The Bertz CT molecular complexity index is 804. The third-order valence-electron chi connectivity index (χ3n) is 5.12. The topological polar surface area (TPSA) is 44.8 Å². The zero-order valence-electron chi connectivity index (χ0n) is 15.3. The van der Waals surface area contributed by atoms with Crippen LogP contribution in [-0.4, -0.2) is 45.3 Å². The van der Waals surface area contributed by atoms with E-state index in [1.54, 1.807) is 0 Å². The Hall–Kier alpha value is -2.24. The molecule has 1 saturated heterocycles. The number of ether oxygens (including phenoxy) is 1. The Labute approximate surface area is 164 Å². The largest absolute Gasteiger partial charge is 0.378 e. The fraction of sp³-hybridized carbons (Fsp3) is 0.381. The molecule has 0 atom stereocenters. The molecule has 1 amide bonds. The highest BCUT2D eigenvalue weighted by Crippen LogP contribution is 2.29. The Balaban J connectivity index is 1.37. The van der Waals surface area contributed by atoms with Crippen LogP contribution in [0.2, 0.25) is 5.02 Å².